The van der Waals surface area contributed by atoms with Crippen LogP contribution in [0.15, 0.2) is 28.3 Å². The lowest BCUT2D eigenvalue weighted by Gasteiger charge is -2.35. The second-order valence-corrected chi connectivity index (χ2v) is 6.51. The van der Waals surface area contributed by atoms with Crippen molar-refractivity contribution >= 4 is 15.9 Å². The van der Waals surface area contributed by atoms with Gasteiger partial charge in [-0.3, -0.25) is 0 Å². The molecular formula is C15H17BrO. The Bertz CT molecular complexity index is 546. The van der Waals surface area contributed by atoms with Crippen LogP contribution in [0.25, 0.3) is 0 Å². The molecule has 90 valence electrons. The molecule has 2 atom stereocenters. The van der Waals surface area contributed by atoms with Gasteiger partial charge in [0.05, 0.1) is 0 Å². The Morgan fingerprint density at radius 1 is 1.24 bits per heavy atom. The van der Waals surface area contributed by atoms with Crippen LogP contribution >= 0.6 is 15.9 Å². The molecule has 0 unspecified atom stereocenters. The summed E-state index contributed by atoms with van der Waals surface area (Å²) in [5, 5.41) is 0. The highest BCUT2D eigenvalue weighted by atomic mass is 79.9. The second-order valence-electron chi connectivity index (χ2n) is 5.66. The van der Waals surface area contributed by atoms with Crippen molar-refractivity contribution in [1.82, 2.24) is 0 Å². The Hall–Kier alpha value is -0.760. The molecular weight excluding hydrogens is 276 g/mol. The normalized spacial score (nSPS) is 34.1. The lowest BCUT2D eigenvalue weighted by molar-refractivity contribution is 0.0945. The molecule has 0 spiro atoms. The molecule has 1 aromatic rings. The number of ether oxygens (including phenoxy) is 1. The molecule has 2 heteroatoms. The number of hydrogen-bond acceptors (Lipinski definition) is 1. The van der Waals surface area contributed by atoms with E-state index in [2.05, 4.69) is 61.8 Å². The molecule has 0 saturated heterocycles. The molecule has 3 rings (SSSR count). The van der Waals surface area contributed by atoms with E-state index < -0.39 is 0 Å². The minimum Gasteiger partial charge on any atom is -0.482 e. The first-order valence-corrected chi connectivity index (χ1v) is 6.85. The van der Waals surface area contributed by atoms with Gasteiger partial charge in [0.1, 0.15) is 11.4 Å². The average molecular weight is 293 g/mol. The van der Waals surface area contributed by atoms with Gasteiger partial charge in [0.15, 0.2) is 0 Å². The van der Waals surface area contributed by atoms with E-state index in [0.29, 0.717) is 0 Å². The number of fused-ring (bicyclic) bond motifs is 3. The zero-order valence-electron chi connectivity index (χ0n) is 10.7. The Balaban J connectivity index is 2.24. The third-order valence-electron chi connectivity index (χ3n) is 4.79. The Labute approximate surface area is 111 Å². The van der Waals surface area contributed by atoms with Crippen LogP contribution in [0.3, 0.4) is 0 Å². The SMILES string of the molecule is CC1=CC[C@@]2(C)c3cc(Br)c(C)cc3O[C@@]12C. The topological polar surface area (TPSA) is 9.23 Å². The van der Waals surface area contributed by atoms with E-state index in [0.717, 1.165) is 12.2 Å². The predicted molar refractivity (Wildman–Crippen MR) is 73.6 cm³/mol. The van der Waals surface area contributed by atoms with Gasteiger partial charge in [0, 0.05) is 15.5 Å². The van der Waals surface area contributed by atoms with Gasteiger partial charge in [0.25, 0.3) is 0 Å². The van der Waals surface area contributed by atoms with Gasteiger partial charge in [-0.2, -0.15) is 0 Å². The maximum Gasteiger partial charge on any atom is 0.137 e. The molecule has 1 aliphatic carbocycles. The summed E-state index contributed by atoms with van der Waals surface area (Å²) in [6.07, 6.45) is 3.38. The van der Waals surface area contributed by atoms with E-state index in [9.17, 15) is 0 Å². The maximum absolute atomic E-state index is 6.28. The standard InChI is InChI=1S/C15H17BrO/c1-9-7-13-11(8-12(9)16)14(3)6-5-10(2)15(14,4)17-13/h5,7-8H,6H2,1-4H3/t14-,15-/m0/s1. The molecule has 1 nitrogen and oxygen atoms in total. The molecule has 1 aromatic carbocycles. The lowest BCUT2D eigenvalue weighted by Crippen LogP contribution is -2.44. The van der Waals surface area contributed by atoms with Crippen molar-refractivity contribution in [3.63, 3.8) is 0 Å². The highest BCUT2D eigenvalue weighted by Gasteiger charge is 2.57. The van der Waals surface area contributed by atoms with Crippen LogP contribution in [-0.4, -0.2) is 5.60 Å². The number of allylic oxidation sites excluding steroid dienone is 1. The molecule has 1 aliphatic heterocycles. The Kier molecular flexibility index (Phi) is 2.11. The largest absolute Gasteiger partial charge is 0.482 e. The fourth-order valence-corrected chi connectivity index (χ4v) is 3.48. The smallest absolute Gasteiger partial charge is 0.137 e. The molecule has 17 heavy (non-hydrogen) atoms. The van der Waals surface area contributed by atoms with Crippen molar-refractivity contribution < 1.29 is 4.74 Å². The fraction of sp³-hybridized carbons (Fsp3) is 0.467. The van der Waals surface area contributed by atoms with Crippen LogP contribution in [0.4, 0.5) is 0 Å². The summed E-state index contributed by atoms with van der Waals surface area (Å²) in [7, 11) is 0. The van der Waals surface area contributed by atoms with E-state index in [1.165, 1.54) is 21.2 Å². The van der Waals surface area contributed by atoms with Crippen molar-refractivity contribution in [2.45, 2.75) is 45.1 Å². The highest BCUT2D eigenvalue weighted by molar-refractivity contribution is 9.10. The molecule has 0 fully saturated rings. The van der Waals surface area contributed by atoms with Crippen molar-refractivity contribution in [2.24, 2.45) is 0 Å². The summed E-state index contributed by atoms with van der Waals surface area (Å²) in [4.78, 5) is 0. The van der Waals surface area contributed by atoms with E-state index >= 15 is 0 Å². The minimum absolute atomic E-state index is 0.0859. The summed E-state index contributed by atoms with van der Waals surface area (Å²) in [6, 6.07) is 4.39. The van der Waals surface area contributed by atoms with Gasteiger partial charge in [-0.05, 0) is 50.5 Å². The molecule has 0 amide bonds. The zero-order chi connectivity index (χ0) is 12.4. The van der Waals surface area contributed by atoms with Gasteiger partial charge < -0.3 is 4.74 Å². The summed E-state index contributed by atoms with van der Waals surface area (Å²) >= 11 is 3.63. The molecule has 0 bridgehead atoms. The second kappa shape index (κ2) is 3.17. The first-order chi connectivity index (χ1) is 7.88. The van der Waals surface area contributed by atoms with Crippen LogP contribution in [0, 0.1) is 6.92 Å². The average Bonchev–Trinajstić information content (AvgIpc) is 2.61. The minimum atomic E-state index is -0.164. The van der Waals surface area contributed by atoms with Gasteiger partial charge in [0.2, 0.25) is 0 Å². The third kappa shape index (κ3) is 1.20. The van der Waals surface area contributed by atoms with E-state index in [4.69, 9.17) is 4.74 Å². The van der Waals surface area contributed by atoms with Crippen LogP contribution in [0.1, 0.15) is 38.3 Å². The lowest BCUT2D eigenvalue weighted by atomic mass is 9.71. The Morgan fingerprint density at radius 3 is 2.65 bits per heavy atom. The summed E-state index contributed by atoms with van der Waals surface area (Å²) < 4.78 is 7.46. The summed E-state index contributed by atoms with van der Waals surface area (Å²) in [6.45, 7) is 8.82. The molecule has 0 radical (unpaired) electrons. The van der Waals surface area contributed by atoms with Crippen molar-refractivity contribution in [3.8, 4) is 5.75 Å². The summed E-state index contributed by atoms with van der Waals surface area (Å²) in [5.41, 5.74) is 3.85. The van der Waals surface area contributed by atoms with Crippen LogP contribution in [-0.2, 0) is 5.41 Å². The quantitative estimate of drug-likeness (QED) is 0.639. The van der Waals surface area contributed by atoms with Crippen molar-refractivity contribution in [3.05, 3.63) is 39.4 Å². The molecule has 2 aliphatic rings. The number of hydrogen-bond donors (Lipinski definition) is 0. The maximum atomic E-state index is 6.28. The van der Waals surface area contributed by atoms with Crippen LogP contribution in [0.2, 0.25) is 0 Å². The molecule has 0 N–H and O–H groups in total. The molecule has 0 aromatic heterocycles. The van der Waals surface area contributed by atoms with Crippen LogP contribution in [0.5, 0.6) is 5.75 Å². The first kappa shape index (κ1) is 11.3. The van der Waals surface area contributed by atoms with E-state index in [1.54, 1.807) is 0 Å². The first-order valence-electron chi connectivity index (χ1n) is 6.05. The summed E-state index contributed by atoms with van der Waals surface area (Å²) in [5.74, 6) is 1.06. The van der Waals surface area contributed by atoms with Crippen LogP contribution < -0.4 is 4.74 Å². The van der Waals surface area contributed by atoms with Gasteiger partial charge in [-0.15, -0.1) is 0 Å². The fourth-order valence-electron chi connectivity index (χ4n) is 3.13. The number of halogens is 1. The number of rotatable bonds is 0. The third-order valence-corrected chi connectivity index (χ3v) is 5.65. The van der Waals surface area contributed by atoms with Gasteiger partial charge in [-0.1, -0.05) is 28.9 Å². The molecule has 1 heterocycles. The Morgan fingerprint density at radius 2 is 1.94 bits per heavy atom. The monoisotopic (exact) mass is 292 g/mol. The predicted octanol–water partition coefficient (Wildman–Crippen LogP) is 4.52. The number of benzene rings is 1. The van der Waals surface area contributed by atoms with E-state index in [-0.39, 0.29) is 11.0 Å². The zero-order valence-corrected chi connectivity index (χ0v) is 12.3. The van der Waals surface area contributed by atoms with E-state index in [1.807, 2.05) is 0 Å². The van der Waals surface area contributed by atoms with Crippen molar-refractivity contribution in [1.29, 1.82) is 0 Å². The molecule has 0 saturated carbocycles. The van der Waals surface area contributed by atoms with Crippen molar-refractivity contribution in [2.75, 3.05) is 0 Å². The van der Waals surface area contributed by atoms with Gasteiger partial charge in [-0.25, -0.2) is 0 Å². The van der Waals surface area contributed by atoms with Gasteiger partial charge >= 0.3 is 0 Å². The highest BCUT2D eigenvalue weighted by Crippen LogP contribution is 2.58. The number of aryl methyl sites for hydroxylation is 1.